The Bertz CT molecular complexity index is 765. The number of nitrogens with zero attached hydrogens (tertiary/aromatic N) is 4. The molecule has 0 unspecified atom stereocenters. The van der Waals surface area contributed by atoms with Crippen LogP contribution in [-0.4, -0.2) is 14.5 Å². The highest BCUT2D eigenvalue weighted by atomic mass is 15.1. The number of fused-ring (bicyclic) bond motifs is 1. The second kappa shape index (κ2) is 3.97. The molecule has 0 amide bonds. The first kappa shape index (κ1) is 10.5. The van der Waals surface area contributed by atoms with E-state index in [1.165, 1.54) is 0 Å². The lowest BCUT2D eigenvalue weighted by Crippen LogP contribution is -1.98. The van der Waals surface area contributed by atoms with Crippen molar-refractivity contribution in [1.82, 2.24) is 14.5 Å². The smallest absolute Gasteiger partial charge is 0.139 e. The number of hydrogen-bond donors (Lipinski definition) is 0. The molecule has 4 nitrogen and oxygen atoms in total. The second-order valence-corrected chi connectivity index (χ2v) is 4.07. The van der Waals surface area contributed by atoms with Crippen LogP contribution in [0.4, 0.5) is 0 Å². The van der Waals surface area contributed by atoms with Crippen LogP contribution in [0.3, 0.4) is 0 Å². The van der Waals surface area contributed by atoms with Crippen molar-refractivity contribution in [2.75, 3.05) is 0 Å². The molecule has 0 radical (unpaired) electrons. The Morgan fingerprint density at radius 3 is 2.89 bits per heavy atom. The third-order valence-electron chi connectivity index (χ3n) is 2.77. The van der Waals surface area contributed by atoms with Gasteiger partial charge in [-0.1, -0.05) is 12.1 Å². The van der Waals surface area contributed by atoms with Gasteiger partial charge < -0.3 is 0 Å². The van der Waals surface area contributed by atoms with Gasteiger partial charge >= 0.3 is 0 Å². The third-order valence-corrected chi connectivity index (χ3v) is 2.77. The number of imidazole rings is 1. The lowest BCUT2D eigenvalue weighted by atomic mass is 10.2. The van der Waals surface area contributed by atoms with E-state index in [1.807, 2.05) is 35.8 Å². The predicted molar refractivity (Wildman–Crippen MR) is 68.3 cm³/mol. The lowest BCUT2D eigenvalue weighted by Gasteiger charge is -2.04. The number of benzene rings is 1. The Hall–Kier alpha value is -2.67. The largest absolute Gasteiger partial charge is 0.283 e. The molecule has 4 heteroatoms. The summed E-state index contributed by atoms with van der Waals surface area (Å²) in [7, 11) is 0. The Morgan fingerprint density at radius 2 is 2.06 bits per heavy atom. The van der Waals surface area contributed by atoms with Crippen molar-refractivity contribution in [3.8, 4) is 11.9 Å². The highest BCUT2D eigenvalue weighted by molar-refractivity contribution is 5.76. The van der Waals surface area contributed by atoms with Crippen molar-refractivity contribution in [3.63, 3.8) is 0 Å². The molecular formula is C14H10N4. The Kier molecular flexibility index (Phi) is 2.31. The Morgan fingerprint density at radius 1 is 1.22 bits per heavy atom. The molecule has 0 fully saturated rings. The number of nitriles is 1. The van der Waals surface area contributed by atoms with Crippen molar-refractivity contribution in [2.45, 2.75) is 6.92 Å². The van der Waals surface area contributed by atoms with Gasteiger partial charge in [-0.25, -0.2) is 9.97 Å². The van der Waals surface area contributed by atoms with E-state index in [0.717, 1.165) is 22.5 Å². The quantitative estimate of drug-likeness (QED) is 0.650. The normalized spacial score (nSPS) is 10.4. The van der Waals surface area contributed by atoms with Crippen LogP contribution in [-0.2, 0) is 0 Å². The van der Waals surface area contributed by atoms with Crippen LogP contribution in [0.15, 0.2) is 42.7 Å². The molecule has 1 aromatic carbocycles. The molecule has 0 saturated carbocycles. The maximum atomic E-state index is 8.99. The summed E-state index contributed by atoms with van der Waals surface area (Å²) in [4.78, 5) is 8.77. The number of pyridine rings is 1. The van der Waals surface area contributed by atoms with Crippen molar-refractivity contribution < 1.29 is 0 Å². The molecule has 18 heavy (non-hydrogen) atoms. The van der Waals surface area contributed by atoms with Gasteiger partial charge in [0.1, 0.15) is 12.1 Å². The predicted octanol–water partition coefficient (Wildman–Crippen LogP) is 2.60. The molecule has 0 aliphatic heterocycles. The fourth-order valence-electron chi connectivity index (χ4n) is 1.98. The molecule has 2 heterocycles. The second-order valence-electron chi connectivity index (χ2n) is 4.07. The van der Waals surface area contributed by atoms with Gasteiger partial charge in [0.25, 0.3) is 0 Å². The van der Waals surface area contributed by atoms with Crippen LogP contribution < -0.4 is 0 Å². The van der Waals surface area contributed by atoms with E-state index in [1.54, 1.807) is 18.5 Å². The van der Waals surface area contributed by atoms with Gasteiger partial charge in [0.2, 0.25) is 0 Å². The maximum absolute atomic E-state index is 8.99. The average molecular weight is 234 g/mol. The van der Waals surface area contributed by atoms with Crippen LogP contribution in [0.1, 0.15) is 11.3 Å². The summed E-state index contributed by atoms with van der Waals surface area (Å²) < 4.78 is 1.89. The van der Waals surface area contributed by atoms with E-state index in [4.69, 9.17) is 5.26 Å². The molecule has 0 aliphatic rings. The van der Waals surface area contributed by atoms with Crippen molar-refractivity contribution >= 4 is 11.0 Å². The minimum atomic E-state index is 0.607. The molecular weight excluding hydrogens is 224 g/mol. The van der Waals surface area contributed by atoms with E-state index in [0.29, 0.717) is 5.56 Å². The van der Waals surface area contributed by atoms with Gasteiger partial charge in [0.05, 0.1) is 22.7 Å². The highest BCUT2D eigenvalue weighted by Gasteiger charge is 2.06. The lowest BCUT2D eigenvalue weighted by molar-refractivity contribution is 0.998. The zero-order valence-corrected chi connectivity index (χ0v) is 9.83. The minimum Gasteiger partial charge on any atom is -0.283 e. The molecule has 0 N–H and O–H groups in total. The van der Waals surface area contributed by atoms with Crippen LogP contribution in [0, 0.1) is 18.3 Å². The summed E-state index contributed by atoms with van der Waals surface area (Å²) in [6, 6.07) is 13.5. The van der Waals surface area contributed by atoms with Crippen LogP contribution in [0.25, 0.3) is 16.9 Å². The maximum Gasteiger partial charge on any atom is 0.139 e. The highest BCUT2D eigenvalue weighted by Crippen LogP contribution is 2.17. The van der Waals surface area contributed by atoms with E-state index >= 15 is 0 Å². The number of aryl methyl sites for hydroxylation is 1. The monoisotopic (exact) mass is 234 g/mol. The SMILES string of the molecule is Cc1cc(C#N)cc(-n2cnc3ccccc32)n1. The summed E-state index contributed by atoms with van der Waals surface area (Å²) in [5.41, 5.74) is 3.33. The van der Waals surface area contributed by atoms with Gasteiger partial charge in [-0.3, -0.25) is 4.57 Å². The molecule has 0 spiro atoms. The first-order chi connectivity index (χ1) is 8.78. The molecule has 0 saturated heterocycles. The zero-order chi connectivity index (χ0) is 12.5. The summed E-state index contributed by atoms with van der Waals surface area (Å²) in [5, 5.41) is 8.99. The third kappa shape index (κ3) is 1.62. The van der Waals surface area contributed by atoms with Crippen molar-refractivity contribution in [3.05, 3.63) is 54.0 Å². The zero-order valence-electron chi connectivity index (χ0n) is 9.83. The Balaban J connectivity index is 2.27. The fourth-order valence-corrected chi connectivity index (χ4v) is 1.98. The molecule has 0 aliphatic carbocycles. The number of aromatic nitrogens is 3. The molecule has 3 rings (SSSR count). The first-order valence-corrected chi connectivity index (χ1v) is 5.59. The number of rotatable bonds is 1. The fraction of sp³-hybridized carbons (Fsp3) is 0.0714. The molecule has 0 atom stereocenters. The van der Waals surface area contributed by atoms with E-state index < -0.39 is 0 Å². The number of hydrogen-bond acceptors (Lipinski definition) is 3. The molecule has 3 aromatic rings. The molecule has 0 bridgehead atoms. The average Bonchev–Trinajstić information content (AvgIpc) is 2.81. The summed E-state index contributed by atoms with van der Waals surface area (Å²) in [6.07, 6.45) is 1.73. The van der Waals surface area contributed by atoms with E-state index in [2.05, 4.69) is 16.0 Å². The van der Waals surface area contributed by atoms with Gasteiger partial charge in [0, 0.05) is 5.69 Å². The summed E-state index contributed by atoms with van der Waals surface area (Å²) in [5.74, 6) is 0.722. The van der Waals surface area contributed by atoms with Crippen LogP contribution in [0.5, 0.6) is 0 Å². The minimum absolute atomic E-state index is 0.607. The van der Waals surface area contributed by atoms with Gasteiger partial charge in [0.15, 0.2) is 0 Å². The van der Waals surface area contributed by atoms with Gasteiger partial charge in [-0.05, 0) is 31.2 Å². The summed E-state index contributed by atoms with van der Waals surface area (Å²) in [6.45, 7) is 1.88. The standard InChI is InChI=1S/C14H10N4/c1-10-6-11(8-15)7-14(17-10)18-9-16-12-4-2-3-5-13(12)18/h2-7,9H,1H3. The molecule has 86 valence electrons. The summed E-state index contributed by atoms with van der Waals surface area (Å²) >= 11 is 0. The first-order valence-electron chi connectivity index (χ1n) is 5.59. The Labute approximate surface area is 104 Å². The topological polar surface area (TPSA) is 54.5 Å². The van der Waals surface area contributed by atoms with Gasteiger partial charge in [-0.2, -0.15) is 5.26 Å². The van der Waals surface area contributed by atoms with Crippen LogP contribution >= 0.6 is 0 Å². The number of para-hydroxylation sites is 2. The van der Waals surface area contributed by atoms with Crippen molar-refractivity contribution in [2.24, 2.45) is 0 Å². The van der Waals surface area contributed by atoms with Crippen molar-refractivity contribution in [1.29, 1.82) is 5.26 Å². The molecule has 2 aromatic heterocycles. The van der Waals surface area contributed by atoms with Crippen LogP contribution in [0.2, 0.25) is 0 Å². The van der Waals surface area contributed by atoms with Gasteiger partial charge in [-0.15, -0.1) is 0 Å². The van der Waals surface area contributed by atoms with E-state index in [-0.39, 0.29) is 0 Å². The van der Waals surface area contributed by atoms with E-state index in [9.17, 15) is 0 Å².